The van der Waals surface area contributed by atoms with Crippen LogP contribution in [0.5, 0.6) is 5.75 Å². The number of para-hydroxylation sites is 1. The van der Waals surface area contributed by atoms with E-state index in [0.29, 0.717) is 23.4 Å². The molecule has 4 aromatic rings. The summed E-state index contributed by atoms with van der Waals surface area (Å²) < 4.78 is 7.60. The Morgan fingerprint density at radius 3 is 2.65 bits per heavy atom. The first-order valence-electron chi connectivity index (χ1n) is 10.9. The Labute approximate surface area is 196 Å². The number of benzene rings is 2. The van der Waals surface area contributed by atoms with Gasteiger partial charge < -0.3 is 15.0 Å². The minimum Gasteiger partial charge on any atom is -0.488 e. The topological polar surface area (TPSA) is 89.4 Å². The Bertz CT molecular complexity index is 1290. The highest BCUT2D eigenvalue weighted by atomic mass is 16.5. The Morgan fingerprint density at radius 1 is 1.06 bits per heavy atom. The van der Waals surface area contributed by atoms with Gasteiger partial charge >= 0.3 is 0 Å². The summed E-state index contributed by atoms with van der Waals surface area (Å²) >= 11 is 0. The first-order chi connectivity index (χ1) is 16.6. The number of carbonyl (C=O) groups is 2. The number of likely N-dealkylation sites (N-methyl/N-ethyl adjacent to an activating group) is 1. The predicted molar refractivity (Wildman–Crippen MR) is 127 cm³/mol. The Morgan fingerprint density at radius 2 is 1.88 bits per heavy atom. The van der Waals surface area contributed by atoms with Gasteiger partial charge in [0.25, 0.3) is 11.8 Å². The van der Waals surface area contributed by atoms with E-state index in [-0.39, 0.29) is 17.9 Å². The van der Waals surface area contributed by atoms with Crippen molar-refractivity contribution in [3.63, 3.8) is 0 Å². The van der Waals surface area contributed by atoms with Gasteiger partial charge in [-0.15, -0.1) is 0 Å². The zero-order chi connectivity index (χ0) is 23.5. The van der Waals surface area contributed by atoms with Gasteiger partial charge in [0.2, 0.25) is 0 Å². The summed E-state index contributed by atoms with van der Waals surface area (Å²) in [5, 5.41) is 7.10. The minimum absolute atomic E-state index is 0.0463. The van der Waals surface area contributed by atoms with Crippen molar-refractivity contribution < 1.29 is 14.3 Å². The van der Waals surface area contributed by atoms with Crippen molar-refractivity contribution in [3.05, 3.63) is 102 Å². The third-order valence-electron chi connectivity index (χ3n) is 5.68. The largest absolute Gasteiger partial charge is 0.488 e. The van der Waals surface area contributed by atoms with E-state index in [2.05, 4.69) is 21.5 Å². The van der Waals surface area contributed by atoms with Crippen LogP contribution in [0.2, 0.25) is 0 Å². The first-order valence-corrected chi connectivity index (χ1v) is 10.9. The van der Waals surface area contributed by atoms with Gasteiger partial charge in [-0.25, -0.2) is 4.68 Å². The molecule has 1 aliphatic heterocycles. The van der Waals surface area contributed by atoms with E-state index in [1.807, 2.05) is 30.3 Å². The van der Waals surface area contributed by atoms with Crippen LogP contribution in [0.25, 0.3) is 5.69 Å². The first kappa shape index (κ1) is 21.4. The van der Waals surface area contributed by atoms with Crippen molar-refractivity contribution in [1.29, 1.82) is 0 Å². The number of anilines is 1. The number of aromatic nitrogens is 3. The van der Waals surface area contributed by atoms with E-state index >= 15 is 0 Å². The Hall–Kier alpha value is -4.46. The fraction of sp³-hybridized carbons (Fsp3) is 0.154. The number of carbonyl (C=O) groups excluding carboxylic acids is 2. The minimum atomic E-state index is -0.258. The van der Waals surface area contributed by atoms with Crippen LogP contribution in [-0.4, -0.2) is 51.2 Å². The van der Waals surface area contributed by atoms with Crippen molar-refractivity contribution in [1.82, 2.24) is 19.7 Å². The molecule has 1 unspecified atom stereocenters. The number of ether oxygens (including phenoxy) is 1. The van der Waals surface area contributed by atoms with Crippen molar-refractivity contribution in [2.24, 2.45) is 0 Å². The van der Waals surface area contributed by atoms with Crippen LogP contribution in [0.3, 0.4) is 0 Å². The maximum Gasteiger partial charge on any atom is 0.257 e. The van der Waals surface area contributed by atoms with Crippen LogP contribution in [-0.2, 0) is 6.42 Å². The normalized spacial score (nSPS) is 14.2. The van der Waals surface area contributed by atoms with Gasteiger partial charge in [0, 0.05) is 31.4 Å². The lowest BCUT2D eigenvalue weighted by Gasteiger charge is -2.21. The summed E-state index contributed by atoms with van der Waals surface area (Å²) in [6.45, 7) is 0.508. The molecular formula is C26H23N5O3. The third kappa shape index (κ3) is 4.52. The van der Waals surface area contributed by atoms with Gasteiger partial charge in [0.05, 0.1) is 35.9 Å². The average molecular weight is 454 g/mol. The zero-order valence-electron chi connectivity index (χ0n) is 18.6. The quantitative estimate of drug-likeness (QED) is 0.482. The standard InChI is InChI=1S/C26H23N5O3/c1-30(17-23-13-19-5-2-3-7-24(19)34-23)26(33)18-8-10-22(11-9-18)31-16-21(15-28-31)29-25(32)20-6-4-12-27-14-20/h2-12,14-16,23H,13,17H2,1H3,(H,29,32). The fourth-order valence-corrected chi connectivity index (χ4v) is 3.95. The lowest BCUT2D eigenvalue weighted by atomic mass is 10.1. The second kappa shape index (κ2) is 9.19. The number of pyridine rings is 1. The summed E-state index contributed by atoms with van der Waals surface area (Å²) in [6, 6.07) is 18.6. The van der Waals surface area contributed by atoms with E-state index in [1.165, 1.54) is 11.8 Å². The smallest absolute Gasteiger partial charge is 0.257 e. The molecule has 1 N–H and O–H groups in total. The molecule has 0 fully saturated rings. The van der Waals surface area contributed by atoms with Crippen LogP contribution in [0, 0.1) is 0 Å². The molecule has 3 heterocycles. The van der Waals surface area contributed by atoms with Crippen molar-refractivity contribution in [2.75, 3.05) is 18.9 Å². The van der Waals surface area contributed by atoms with Crippen LogP contribution < -0.4 is 10.1 Å². The molecule has 34 heavy (non-hydrogen) atoms. The second-order valence-corrected chi connectivity index (χ2v) is 8.15. The molecule has 0 aliphatic carbocycles. The second-order valence-electron chi connectivity index (χ2n) is 8.15. The Balaban J connectivity index is 1.20. The van der Waals surface area contributed by atoms with Crippen molar-refractivity contribution >= 4 is 17.5 Å². The van der Waals surface area contributed by atoms with Gasteiger partial charge in [-0.05, 0) is 48.0 Å². The molecule has 1 aliphatic rings. The third-order valence-corrected chi connectivity index (χ3v) is 5.68. The highest BCUT2D eigenvalue weighted by Crippen LogP contribution is 2.28. The van der Waals surface area contributed by atoms with E-state index in [9.17, 15) is 9.59 Å². The van der Waals surface area contributed by atoms with Crippen molar-refractivity contribution in [2.45, 2.75) is 12.5 Å². The summed E-state index contributed by atoms with van der Waals surface area (Å²) in [5.41, 5.74) is 3.56. The number of hydrogen-bond acceptors (Lipinski definition) is 5. The van der Waals surface area contributed by atoms with Gasteiger partial charge in [-0.2, -0.15) is 5.10 Å². The van der Waals surface area contributed by atoms with Gasteiger partial charge in [0.1, 0.15) is 11.9 Å². The fourth-order valence-electron chi connectivity index (χ4n) is 3.95. The number of nitrogens with one attached hydrogen (secondary N) is 1. The molecule has 2 aromatic heterocycles. The molecule has 170 valence electrons. The number of rotatable bonds is 6. The molecule has 8 nitrogen and oxygen atoms in total. The number of hydrogen-bond donors (Lipinski definition) is 1. The van der Waals surface area contributed by atoms with Crippen molar-refractivity contribution in [3.8, 4) is 11.4 Å². The molecule has 0 saturated heterocycles. The molecule has 0 bridgehead atoms. The molecule has 8 heteroatoms. The monoisotopic (exact) mass is 453 g/mol. The highest BCUT2D eigenvalue weighted by Gasteiger charge is 2.25. The maximum absolute atomic E-state index is 12.9. The molecule has 2 aromatic carbocycles. The number of fused-ring (bicyclic) bond motifs is 1. The van der Waals surface area contributed by atoms with E-state index in [4.69, 9.17) is 4.74 Å². The molecule has 2 amide bonds. The van der Waals surface area contributed by atoms with Crippen LogP contribution in [0.1, 0.15) is 26.3 Å². The Kier molecular flexibility index (Phi) is 5.78. The summed E-state index contributed by atoms with van der Waals surface area (Å²) in [5.74, 6) is 0.565. The van der Waals surface area contributed by atoms with E-state index in [0.717, 1.165) is 17.9 Å². The van der Waals surface area contributed by atoms with E-state index in [1.54, 1.807) is 59.5 Å². The molecule has 1 atom stereocenters. The summed E-state index contributed by atoms with van der Waals surface area (Å²) in [6.07, 6.45) is 7.15. The van der Waals surface area contributed by atoms with Gasteiger partial charge in [-0.3, -0.25) is 14.6 Å². The van der Waals surface area contributed by atoms with Crippen LogP contribution >= 0.6 is 0 Å². The molecule has 0 spiro atoms. The molecule has 0 saturated carbocycles. The molecular weight excluding hydrogens is 430 g/mol. The predicted octanol–water partition coefficient (Wildman–Crippen LogP) is 3.60. The van der Waals surface area contributed by atoms with Crippen LogP contribution in [0.4, 0.5) is 5.69 Å². The maximum atomic E-state index is 12.9. The summed E-state index contributed by atoms with van der Waals surface area (Å²) in [4.78, 5) is 30.8. The average Bonchev–Trinajstić information content (AvgIpc) is 3.50. The van der Waals surface area contributed by atoms with Crippen LogP contribution in [0.15, 0.2) is 85.5 Å². The lowest BCUT2D eigenvalue weighted by Crippen LogP contribution is -2.36. The van der Waals surface area contributed by atoms with E-state index < -0.39 is 0 Å². The van der Waals surface area contributed by atoms with Gasteiger partial charge in [-0.1, -0.05) is 18.2 Å². The molecule has 0 radical (unpaired) electrons. The van der Waals surface area contributed by atoms with Gasteiger partial charge in [0.15, 0.2) is 0 Å². The number of nitrogens with zero attached hydrogens (tertiary/aromatic N) is 4. The lowest BCUT2D eigenvalue weighted by molar-refractivity contribution is 0.0730. The zero-order valence-corrected chi connectivity index (χ0v) is 18.6. The number of amides is 2. The SMILES string of the molecule is CN(CC1Cc2ccccc2O1)C(=O)c1ccc(-n2cc(NC(=O)c3cccnc3)cn2)cc1. The summed E-state index contributed by atoms with van der Waals surface area (Å²) in [7, 11) is 1.79. The molecule has 5 rings (SSSR count). The highest BCUT2D eigenvalue weighted by molar-refractivity contribution is 6.03.